The van der Waals surface area contributed by atoms with Crippen LogP contribution in [0.1, 0.15) is 91.4 Å². The third-order valence-electron chi connectivity index (χ3n) is 9.84. The molecule has 5 rings (SSSR count). The molecule has 6 nitrogen and oxygen atoms in total. The molecule has 1 N–H and O–H groups in total. The molecule has 0 spiro atoms. The van der Waals surface area contributed by atoms with Crippen molar-refractivity contribution in [3.05, 3.63) is 11.6 Å². The van der Waals surface area contributed by atoms with Crippen molar-refractivity contribution in [3.8, 4) is 0 Å². The predicted molar refractivity (Wildman–Crippen MR) is 128 cm³/mol. The van der Waals surface area contributed by atoms with Crippen LogP contribution in [0.4, 0.5) is 4.79 Å². The minimum absolute atomic E-state index is 0.0123. The Morgan fingerprint density at radius 3 is 2.76 bits per heavy atom. The summed E-state index contributed by atoms with van der Waals surface area (Å²) in [6.07, 6.45) is 15.0. The summed E-state index contributed by atoms with van der Waals surface area (Å²) >= 11 is 0. The summed E-state index contributed by atoms with van der Waals surface area (Å²) in [6, 6.07) is 0. The molecule has 7 unspecified atom stereocenters. The second-order valence-corrected chi connectivity index (χ2v) is 11.5. The van der Waals surface area contributed by atoms with Crippen molar-refractivity contribution in [1.82, 2.24) is 5.32 Å². The highest BCUT2D eigenvalue weighted by molar-refractivity contribution is 5.92. The Hall–Kier alpha value is -1.40. The van der Waals surface area contributed by atoms with Crippen LogP contribution in [-0.2, 0) is 14.3 Å². The van der Waals surface area contributed by atoms with Crippen LogP contribution in [0, 0.1) is 28.6 Å². The maximum Gasteiger partial charge on any atom is 0.433 e. The molecule has 1 amide bonds. The minimum Gasteiger partial charge on any atom is -0.353 e. The van der Waals surface area contributed by atoms with Crippen LogP contribution in [0.5, 0.6) is 0 Å². The second-order valence-electron chi connectivity index (χ2n) is 11.5. The number of ether oxygens (including phenoxy) is 2. The van der Waals surface area contributed by atoms with E-state index in [9.17, 15) is 4.79 Å². The van der Waals surface area contributed by atoms with Gasteiger partial charge in [0, 0.05) is 18.6 Å². The molecular weight excluding hydrogens is 416 g/mol. The Labute approximate surface area is 198 Å². The zero-order valence-corrected chi connectivity index (χ0v) is 20.7. The molecule has 4 fully saturated rings. The van der Waals surface area contributed by atoms with Crippen LogP contribution in [0.25, 0.3) is 0 Å². The lowest BCUT2D eigenvalue weighted by molar-refractivity contribution is -0.195. The van der Waals surface area contributed by atoms with Crippen molar-refractivity contribution in [1.29, 1.82) is 0 Å². The number of hydrogen-bond acceptors (Lipinski definition) is 5. The van der Waals surface area contributed by atoms with E-state index < -0.39 is 6.09 Å². The predicted octanol–water partition coefficient (Wildman–Crippen LogP) is 5.96. The van der Waals surface area contributed by atoms with Crippen LogP contribution < -0.4 is 5.32 Å². The summed E-state index contributed by atoms with van der Waals surface area (Å²) in [5.41, 5.74) is 3.11. The number of amides is 1. The summed E-state index contributed by atoms with van der Waals surface area (Å²) in [6.45, 7) is 8.20. The van der Waals surface area contributed by atoms with Gasteiger partial charge >= 0.3 is 6.09 Å². The zero-order chi connectivity index (χ0) is 23.1. The first-order chi connectivity index (χ1) is 15.9. The van der Waals surface area contributed by atoms with Crippen LogP contribution in [0.2, 0.25) is 0 Å². The van der Waals surface area contributed by atoms with Gasteiger partial charge in [0.15, 0.2) is 6.29 Å². The number of nitrogens with zero attached hydrogens (tertiary/aromatic N) is 1. The van der Waals surface area contributed by atoms with Crippen molar-refractivity contribution >= 4 is 11.8 Å². The van der Waals surface area contributed by atoms with Crippen LogP contribution in [0.15, 0.2) is 16.8 Å². The third kappa shape index (κ3) is 4.27. The van der Waals surface area contributed by atoms with E-state index in [2.05, 4.69) is 30.4 Å². The van der Waals surface area contributed by atoms with Gasteiger partial charge in [-0.25, -0.2) is 4.79 Å². The van der Waals surface area contributed by atoms with Gasteiger partial charge in [0.1, 0.15) is 0 Å². The standard InChI is InChI=1S/C27H42N2O4/c1-4-28-25(30)33-29-23-11-10-21-20-9-8-18-17-19(32-24-7-5-6-16-31-24)12-14-26(18,2)22(20)13-15-27(21,23)3/h8,19-22,24H,4-7,9-17H2,1-3H3,(H,28,30)/b29-23+. The van der Waals surface area contributed by atoms with Gasteiger partial charge in [-0.1, -0.05) is 30.7 Å². The lowest BCUT2D eigenvalue weighted by Crippen LogP contribution is -2.50. The molecule has 1 saturated heterocycles. The fourth-order valence-electron chi connectivity index (χ4n) is 7.99. The first-order valence-corrected chi connectivity index (χ1v) is 13.4. The lowest BCUT2D eigenvalue weighted by Gasteiger charge is -2.57. The highest BCUT2D eigenvalue weighted by Gasteiger charge is 2.58. The van der Waals surface area contributed by atoms with E-state index in [1.54, 1.807) is 5.57 Å². The lowest BCUT2D eigenvalue weighted by atomic mass is 9.48. The SMILES string of the molecule is CCNC(=O)O/N=C1\CCC2C3CC=C4CC(OC5CCCCO5)CCC4(C)C3CCC12C. The van der Waals surface area contributed by atoms with Gasteiger partial charge in [-0.3, -0.25) is 4.84 Å². The zero-order valence-electron chi connectivity index (χ0n) is 20.7. The molecule has 0 bridgehead atoms. The van der Waals surface area contributed by atoms with Crippen LogP contribution in [0.3, 0.4) is 0 Å². The average Bonchev–Trinajstić information content (AvgIpc) is 3.15. The maximum absolute atomic E-state index is 11.8. The first-order valence-electron chi connectivity index (χ1n) is 13.4. The van der Waals surface area contributed by atoms with E-state index in [-0.39, 0.29) is 11.7 Å². The van der Waals surface area contributed by atoms with Crippen LogP contribution >= 0.6 is 0 Å². The Kier molecular flexibility index (Phi) is 6.60. The van der Waals surface area contributed by atoms with Gasteiger partial charge in [-0.15, -0.1) is 0 Å². The molecule has 33 heavy (non-hydrogen) atoms. The Morgan fingerprint density at radius 1 is 1.15 bits per heavy atom. The largest absolute Gasteiger partial charge is 0.433 e. The van der Waals surface area contributed by atoms with Crippen molar-refractivity contribution in [2.45, 2.75) is 104 Å². The number of carbonyl (C=O) groups excluding carboxylic acids is 1. The monoisotopic (exact) mass is 458 g/mol. The summed E-state index contributed by atoms with van der Waals surface area (Å²) in [5, 5.41) is 7.03. The molecule has 184 valence electrons. The van der Waals surface area contributed by atoms with Gasteiger partial charge in [-0.2, -0.15) is 0 Å². The van der Waals surface area contributed by atoms with Crippen LogP contribution in [-0.4, -0.2) is 37.4 Å². The Bertz CT molecular complexity index is 804. The molecule has 4 aliphatic carbocycles. The van der Waals surface area contributed by atoms with Crippen molar-refractivity contribution in [2.75, 3.05) is 13.2 Å². The normalized spacial score (nSPS) is 43.8. The molecule has 0 aromatic carbocycles. The average molecular weight is 459 g/mol. The molecule has 0 radical (unpaired) electrons. The number of carbonyl (C=O) groups is 1. The highest BCUT2D eigenvalue weighted by Crippen LogP contribution is 2.64. The Morgan fingerprint density at radius 2 is 1.97 bits per heavy atom. The molecular formula is C27H42N2O4. The molecule has 1 heterocycles. The minimum atomic E-state index is -0.443. The maximum atomic E-state index is 11.8. The van der Waals surface area contributed by atoms with Gasteiger partial charge < -0.3 is 14.8 Å². The molecule has 0 aromatic rings. The molecule has 5 aliphatic rings. The second kappa shape index (κ2) is 9.33. The van der Waals surface area contributed by atoms with E-state index in [4.69, 9.17) is 14.3 Å². The number of oxime groups is 1. The topological polar surface area (TPSA) is 69.2 Å². The molecule has 6 heteroatoms. The third-order valence-corrected chi connectivity index (χ3v) is 9.84. The van der Waals surface area contributed by atoms with Crippen molar-refractivity contribution in [3.63, 3.8) is 0 Å². The van der Waals surface area contributed by atoms with E-state index in [1.165, 1.54) is 38.5 Å². The van der Waals surface area contributed by atoms with Crippen molar-refractivity contribution in [2.24, 2.45) is 33.7 Å². The number of nitrogens with one attached hydrogen (secondary N) is 1. The summed E-state index contributed by atoms with van der Waals surface area (Å²) in [7, 11) is 0. The van der Waals surface area contributed by atoms with E-state index in [0.29, 0.717) is 29.9 Å². The van der Waals surface area contributed by atoms with Gasteiger partial charge in [0.25, 0.3) is 0 Å². The fraction of sp³-hybridized carbons (Fsp3) is 0.852. The number of allylic oxidation sites excluding steroid dienone is 1. The number of hydrogen-bond donors (Lipinski definition) is 1. The highest BCUT2D eigenvalue weighted by atomic mass is 16.7. The molecule has 3 saturated carbocycles. The number of fused-ring (bicyclic) bond motifs is 5. The van der Waals surface area contributed by atoms with Gasteiger partial charge in [0.2, 0.25) is 0 Å². The van der Waals surface area contributed by atoms with E-state index >= 15 is 0 Å². The van der Waals surface area contributed by atoms with Crippen molar-refractivity contribution < 1.29 is 19.1 Å². The molecule has 7 atom stereocenters. The summed E-state index contributed by atoms with van der Waals surface area (Å²) in [5.74, 6) is 2.08. The van der Waals surface area contributed by atoms with Gasteiger partial charge in [0.05, 0.1) is 11.8 Å². The summed E-state index contributed by atoms with van der Waals surface area (Å²) < 4.78 is 12.3. The van der Waals surface area contributed by atoms with E-state index in [0.717, 1.165) is 50.3 Å². The molecule has 1 aliphatic heterocycles. The van der Waals surface area contributed by atoms with Gasteiger partial charge in [-0.05, 0) is 101 Å². The number of rotatable bonds is 4. The Balaban J connectivity index is 1.28. The smallest absolute Gasteiger partial charge is 0.353 e. The quantitative estimate of drug-likeness (QED) is 0.320. The fourth-order valence-corrected chi connectivity index (χ4v) is 7.99. The molecule has 0 aromatic heterocycles. The van der Waals surface area contributed by atoms with E-state index in [1.807, 2.05) is 6.92 Å². The first kappa shape index (κ1) is 23.3. The summed E-state index contributed by atoms with van der Waals surface area (Å²) in [4.78, 5) is 17.0.